The Morgan fingerprint density at radius 2 is 1.79 bits per heavy atom. The van der Waals surface area contributed by atoms with Crippen molar-refractivity contribution in [1.29, 1.82) is 0 Å². The van der Waals surface area contributed by atoms with Crippen molar-refractivity contribution < 1.29 is 23.5 Å². The lowest BCUT2D eigenvalue weighted by Gasteiger charge is -2.40. The molecule has 0 saturated carbocycles. The number of piperazine rings is 1. The molecule has 8 nitrogen and oxygen atoms in total. The Kier molecular flexibility index (Phi) is 9.27. The van der Waals surface area contributed by atoms with Gasteiger partial charge in [0.2, 0.25) is 0 Å². The van der Waals surface area contributed by atoms with Crippen molar-refractivity contribution in [1.82, 2.24) is 20.0 Å². The van der Waals surface area contributed by atoms with Crippen molar-refractivity contribution in [3.8, 4) is 0 Å². The number of nitrogens with one attached hydrogen (secondary N) is 1. The van der Waals surface area contributed by atoms with Crippen molar-refractivity contribution in [2.75, 3.05) is 45.9 Å². The number of hydrogen-bond acceptors (Lipinski definition) is 5. The van der Waals surface area contributed by atoms with Gasteiger partial charge in [0.05, 0.1) is 28.3 Å². The smallest absolute Gasteiger partial charge is 0.338 e. The van der Waals surface area contributed by atoms with Crippen LogP contribution in [0.2, 0.25) is 10.0 Å². The summed E-state index contributed by atoms with van der Waals surface area (Å²) in [6, 6.07) is 9.21. The molecule has 2 aliphatic heterocycles. The standard InChI is InChI=1S/C28H29Cl2FN4O4/c1-3-11-35-23(17-33-12-14-34(15-13-33)26(36)18-5-8-20(31)9-6-18)24(27(37)39-4-2)25(32-28(35)38)19-7-10-21(29)22(30)16-19/h3,5-10,16,25H,1,4,11-15,17H2,2H3,(H,32,38). The maximum Gasteiger partial charge on any atom is 0.338 e. The Labute approximate surface area is 236 Å². The summed E-state index contributed by atoms with van der Waals surface area (Å²) in [5.74, 6) is -1.13. The molecule has 0 bridgehead atoms. The molecule has 1 fully saturated rings. The summed E-state index contributed by atoms with van der Waals surface area (Å²) in [5, 5.41) is 3.54. The molecule has 2 aromatic rings. The molecule has 1 N–H and O–H groups in total. The number of hydrogen-bond donors (Lipinski definition) is 1. The molecule has 1 unspecified atom stereocenters. The number of esters is 1. The van der Waals surface area contributed by atoms with Crippen LogP contribution < -0.4 is 5.32 Å². The fraction of sp³-hybridized carbons (Fsp3) is 0.321. The van der Waals surface area contributed by atoms with Gasteiger partial charge in [0.15, 0.2) is 0 Å². The predicted molar refractivity (Wildman–Crippen MR) is 147 cm³/mol. The number of halogens is 3. The summed E-state index contributed by atoms with van der Waals surface area (Å²) >= 11 is 12.4. The van der Waals surface area contributed by atoms with Gasteiger partial charge in [-0.15, -0.1) is 6.58 Å². The molecular formula is C28H29Cl2FN4O4. The Morgan fingerprint density at radius 3 is 2.41 bits per heavy atom. The lowest BCUT2D eigenvalue weighted by molar-refractivity contribution is -0.139. The van der Waals surface area contributed by atoms with Crippen LogP contribution in [0, 0.1) is 5.82 Å². The third kappa shape index (κ3) is 6.43. The van der Waals surface area contributed by atoms with E-state index in [2.05, 4.69) is 16.8 Å². The van der Waals surface area contributed by atoms with Gasteiger partial charge in [-0.2, -0.15) is 0 Å². The van der Waals surface area contributed by atoms with Crippen LogP contribution in [0.25, 0.3) is 0 Å². The van der Waals surface area contributed by atoms with Gasteiger partial charge in [0.1, 0.15) is 5.82 Å². The fourth-order valence-corrected chi connectivity index (χ4v) is 4.99. The zero-order valence-corrected chi connectivity index (χ0v) is 23.0. The fourth-order valence-electron chi connectivity index (χ4n) is 4.68. The van der Waals surface area contributed by atoms with Crippen LogP contribution in [0.3, 0.4) is 0 Å². The number of benzene rings is 2. The SMILES string of the molecule is C=CCN1C(=O)NC(c2ccc(Cl)c(Cl)c2)C(C(=O)OCC)=C1CN1CCN(C(=O)c2ccc(F)cc2)CC1. The van der Waals surface area contributed by atoms with Gasteiger partial charge in [-0.1, -0.05) is 35.3 Å². The zero-order chi connectivity index (χ0) is 28.1. The third-order valence-electron chi connectivity index (χ3n) is 6.65. The average Bonchev–Trinajstić information content (AvgIpc) is 2.92. The highest BCUT2D eigenvalue weighted by atomic mass is 35.5. The molecule has 4 rings (SSSR count). The normalized spacial score (nSPS) is 18.2. The first-order chi connectivity index (χ1) is 18.7. The first kappa shape index (κ1) is 28.6. The number of amides is 3. The number of urea groups is 1. The Hall–Kier alpha value is -3.40. The predicted octanol–water partition coefficient (Wildman–Crippen LogP) is 4.66. The van der Waals surface area contributed by atoms with E-state index in [4.69, 9.17) is 27.9 Å². The van der Waals surface area contributed by atoms with Crippen LogP contribution in [-0.4, -0.2) is 78.5 Å². The van der Waals surface area contributed by atoms with Gasteiger partial charge < -0.3 is 15.0 Å². The van der Waals surface area contributed by atoms with E-state index in [9.17, 15) is 18.8 Å². The summed E-state index contributed by atoms with van der Waals surface area (Å²) in [6.45, 7) is 7.97. The van der Waals surface area contributed by atoms with Crippen LogP contribution in [0.1, 0.15) is 28.9 Å². The summed E-state index contributed by atoms with van der Waals surface area (Å²) in [6.07, 6.45) is 1.58. The number of ether oxygens (including phenoxy) is 1. The minimum absolute atomic E-state index is 0.156. The van der Waals surface area contributed by atoms with Crippen molar-refractivity contribution in [3.63, 3.8) is 0 Å². The molecule has 206 valence electrons. The minimum Gasteiger partial charge on any atom is -0.463 e. The monoisotopic (exact) mass is 574 g/mol. The zero-order valence-electron chi connectivity index (χ0n) is 21.5. The molecule has 39 heavy (non-hydrogen) atoms. The van der Waals surface area contributed by atoms with Crippen molar-refractivity contribution in [2.45, 2.75) is 13.0 Å². The maximum absolute atomic E-state index is 13.3. The topological polar surface area (TPSA) is 82.2 Å². The molecule has 2 heterocycles. The second kappa shape index (κ2) is 12.6. The first-order valence-corrected chi connectivity index (χ1v) is 13.3. The molecule has 0 radical (unpaired) electrons. The third-order valence-corrected chi connectivity index (χ3v) is 7.39. The van der Waals surface area contributed by atoms with E-state index >= 15 is 0 Å². The highest BCUT2D eigenvalue weighted by Crippen LogP contribution is 2.35. The molecule has 1 saturated heterocycles. The molecule has 1 atom stereocenters. The highest BCUT2D eigenvalue weighted by Gasteiger charge is 2.39. The maximum atomic E-state index is 13.3. The van der Waals surface area contributed by atoms with Crippen LogP contribution in [0.4, 0.5) is 9.18 Å². The molecule has 0 aromatic heterocycles. The first-order valence-electron chi connectivity index (χ1n) is 12.5. The quantitative estimate of drug-likeness (QED) is 0.366. The highest BCUT2D eigenvalue weighted by molar-refractivity contribution is 6.42. The van der Waals surface area contributed by atoms with Gasteiger partial charge in [-0.3, -0.25) is 14.6 Å². The second-order valence-corrected chi connectivity index (χ2v) is 9.93. The Balaban J connectivity index is 1.63. The lowest BCUT2D eigenvalue weighted by atomic mass is 9.94. The number of carbonyl (C=O) groups is 3. The van der Waals surface area contributed by atoms with E-state index in [-0.39, 0.29) is 31.6 Å². The van der Waals surface area contributed by atoms with Crippen LogP contribution in [-0.2, 0) is 9.53 Å². The average molecular weight is 575 g/mol. The Bertz CT molecular complexity index is 1290. The van der Waals surface area contributed by atoms with E-state index in [1.165, 1.54) is 29.2 Å². The van der Waals surface area contributed by atoms with Gasteiger partial charge >= 0.3 is 12.0 Å². The summed E-state index contributed by atoms with van der Waals surface area (Å²) in [7, 11) is 0. The number of nitrogens with zero attached hydrogens (tertiary/aromatic N) is 3. The van der Waals surface area contributed by atoms with Gasteiger partial charge in [0, 0.05) is 50.5 Å². The second-order valence-electron chi connectivity index (χ2n) is 9.11. The minimum atomic E-state index is -0.802. The largest absolute Gasteiger partial charge is 0.463 e. The summed E-state index contributed by atoms with van der Waals surface area (Å²) < 4.78 is 18.7. The van der Waals surface area contributed by atoms with Crippen LogP contribution in [0.15, 0.2) is 66.4 Å². The van der Waals surface area contributed by atoms with Gasteiger partial charge in [0.25, 0.3) is 5.91 Å². The van der Waals surface area contributed by atoms with Crippen LogP contribution >= 0.6 is 23.2 Å². The molecule has 2 aromatic carbocycles. The molecule has 0 aliphatic carbocycles. The molecule has 0 spiro atoms. The van der Waals surface area contributed by atoms with Crippen LogP contribution in [0.5, 0.6) is 0 Å². The molecule has 2 aliphatic rings. The number of carbonyl (C=O) groups excluding carboxylic acids is 3. The lowest BCUT2D eigenvalue weighted by Crippen LogP contribution is -2.53. The Morgan fingerprint density at radius 1 is 1.10 bits per heavy atom. The van der Waals surface area contributed by atoms with E-state index < -0.39 is 17.8 Å². The van der Waals surface area contributed by atoms with Crippen molar-refractivity contribution in [2.24, 2.45) is 0 Å². The summed E-state index contributed by atoms with van der Waals surface area (Å²) in [4.78, 5) is 44.7. The molecular weight excluding hydrogens is 546 g/mol. The summed E-state index contributed by atoms with van der Waals surface area (Å²) in [5.41, 5.74) is 1.79. The van der Waals surface area contributed by atoms with E-state index in [0.29, 0.717) is 58.6 Å². The van der Waals surface area contributed by atoms with E-state index in [1.54, 1.807) is 36.1 Å². The van der Waals surface area contributed by atoms with E-state index in [0.717, 1.165) is 0 Å². The van der Waals surface area contributed by atoms with Gasteiger partial charge in [-0.05, 0) is 48.9 Å². The van der Waals surface area contributed by atoms with Crippen molar-refractivity contribution in [3.05, 3.63) is 93.4 Å². The van der Waals surface area contributed by atoms with E-state index in [1.807, 2.05) is 0 Å². The molecule has 11 heteroatoms. The molecule has 3 amide bonds. The van der Waals surface area contributed by atoms with Gasteiger partial charge in [-0.25, -0.2) is 14.0 Å². The number of rotatable bonds is 8. The van der Waals surface area contributed by atoms with Crippen molar-refractivity contribution >= 4 is 41.1 Å².